The molecular weight excluding hydrogens is 276 g/mol. The number of ether oxygens (including phenoxy) is 1. The lowest BCUT2D eigenvalue weighted by atomic mass is 10.2. The number of nitrogens with one attached hydrogen (secondary N) is 1. The lowest BCUT2D eigenvalue weighted by Gasteiger charge is -2.19. The molecule has 6 heteroatoms. The van der Waals surface area contributed by atoms with Gasteiger partial charge in [-0.2, -0.15) is 4.31 Å². The zero-order chi connectivity index (χ0) is 15.0. The van der Waals surface area contributed by atoms with Gasteiger partial charge in [-0.05, 0) is 25.1 Å². The number of rotatable bonds is 9. The molecule has 0 heterocycles. The molecule has 1 rings (SSSR count). The molecule has 0 saturated carbocycles. The van der Waals surface area contributed by atoms with Gasteiger partial charge in [0.25, 0.3) is 0 Å². The monoisotopic (exact) mass is 300 g/mol. The molecule has 1 N–H and O–H groups in total. The minimum atomic E-state index is -3.47. The van der Waals surface area contributed by atoms with Crippen LogP contribution in [0.1, 0.15) is 19.4 Å². The fraction of sp³-hybridized carbons (Fsp3) is 0.571. The SMILES string of the molecule is CCNCc1ccccc1S(=O)(=O)N(C)CCOCC. The highest BCUT2D eigenvalue weighted by molar-refractivity contribution is 7.89. The van der Waals surface area contributed by atoms with E-state index in [2.05, 4.69) is 5.32 Å². The van der Waals surface area contributed by atoms with E-state index in [9.17, 15) is 8.42 Å². The summed E-state index contributed by atoms with van der Waals surface area (Å²) < 4.78 is 31.7. The summed E-state index contributed by atoms with van der Waals surface area (Å²) in [6.45, 7) is 6.57. The summed E-state index contributed by atoms with van der Waals surface area (Å²) in [5, 5.41) is 3.16. The van der Waals surface area contributed by atoms with Gasteiger partial charge in [0.1, 0.15) is 0 Å². The largest absolute Gasteiger partial charge is 0.380 e. The van der Waals surface area contributed by atoms with Crippen molar-refractivity contribution < 1.29 is 13.2 Å². The molecule has 0 bridgehead atoms. The zero-order valence-corrected chi connectivity index (χ0v) is 13.2. The van der Waals surface area contributed by atoms with E-state index < -0.39 is 10.0 Å². The Bertz CT molecular complexity index is 503. The fourth-order valence-corrected chi connectivity index (χ4v) is 3.16. The Morgan fingerprint density at radius 2 is 1.95 bits per heavy atom. The number of nitrogens with zero attached hydrogens (tertiary/aromatic N) is 1. The molecule has 1 aromatic rings. The molecule has 0 unspecified atom stereocenters. The van der Waals surface area contributed by atoms with Gasteiger partial charge in [-0.25, -0.2) is 8.42 Å². The van der Waals surface area contributed by atoms with Crippen molar-refractivity contribution in [2.45, 2.75) is 25.3 Å². The first-order chi connectivity index (χ1) is 9.54. The van der Waals surface area contributed by atoms with Gasteiger partial charge in [-0.15, -0.1) is 0 Å². The van der Waals surface area contributed by atoms with Gasteiger partial charge >= 0.3 is 0 Å². The van der Waals surface area contributed by atoms with Gasteiger partial charge in [-0.3, -0.25) is 0 Å². The van der Waals surface area contributed by atoms with Crippen molar-refractivity contribution in [3.63, 3.8) is 0 Å². The van der Waals surface area contributed by atoms with Gasteiger partial charge in [0, 0.05) is 26.7 Å². The number of likely N-dealkylation sites (N-methyl/N-ethyl adjacent to an activating group) is 1. The quantitative estimate of drug-likeness (QED) is 0.701. The van der Waals surface area contributed by atoms with Crippen LogP contribution in [-0.4, -0.2) is 46.1 Å². The van der Waals surface area contributed by atoms with Crippen molar-refractivity contribution in [3.8, 4) is 0 Å². The normalized spacial score (nSPS) is 12.0. The van der Waals surface area contributed by atoms with Crippen molar-refractivity contribution in [1.29, 1.82) is 0 Å². The highest BCUT2D eigenvalue weighted by Crippen LogP contribution is 2.19. The first-order valence-corrected chi connectivity index (χ1v) is 8.30. The second-order valence-electron chi connectivity index (χ2n) is 4.41. The molecule has 1 aromatic carbocycles. The molecule has 0 spiro atoms. The molecule has 0 radical (unpaired) electrons. The maximum atomic E-state index is 12.6. The molecule has 0 saturated heterocycles. The van der Waals surface area contributed by atoms with Crippen molar-refractivity contribution in [3.05, 3.63) is 29.8 Å². The Morgan fingerprint density at radius 1 is 1.25 bits per heavy atom. The summed E-state index contributed by atoms with van der Waals surface area (Å²) in [6, 6.07) is 7.09. The number of sulfonamides is 1. The summed E-state index contributed by atoms with van der Waals surface area (Å²) in [5.74, 6) is 0. The van der Waals surface area contributed by atoms with Gasteiger partial charge in [0.2, 0.25) is 10.0 Å². The van der Waals surface area contributed by atoms with Crippen LogP contribution in [0.3, 0.4) is 0 Å². The van der Waals surface area contributed by atoms with Gasteiger partial charge in [0.15, 0.2) is 0 Å². The lowest BCUT2D eigenvalue weighted by molar-refractivity contribution is 0.138. The Labute approximate surface area is 122 Å². The maximum Gasteiger partial charge on any atom is 0.243 e. The fourth-order valence-electron chi connectivity index (χ4n) is 1.79. The highest BCUT2D eigenvalue weighted by Gasteiger charge is 2.23. The van der Waals surface area contributed by atoms with Gasteiger partial charge in [-0.1, -0.05) is 25.1 Å². The molecule has 0 aliphatic carbocycles. The van der Waals surface area contributed by atoms with E-state index in [1.165, 1.54) is 4.31 Å². The highest BCUT2D eigenvalue weighted by atomic mass is 32.2. The molecular formula is C14H24N2O3S. The van der Waals surface area contributed by atoms with E-state index >= 15 is 0 Å². The average molecular weight is 300 g/mol. The minimum absolute atomic E-state index is 0.353. The maximum absolute atomic E-state index is 12.6. The van der Waals surface area contributed by atoms with Crippen LogP contribution in [0.15, 0.2) is 29.2 Å². The molecule has 0 aromatic heterocycles. The number of hydrogen-bond acceptors (Lipinski definition) is 4. The van der Waals surface area contributed by atoms with Crippen LogP contribution in [0.5, 0.6) is 0 Å². The Balaban J connectivity index is 2.90. The minimum Gasteiger partial charge on any atom is -0.380 e. The Hall–Kier alpha value is -0.950. The van der Waals surface area contributed by atoms with Crippen molar-refractivity contribution in [2.75, 3.05) is 33.4 Å². The number of hydrogen-bond donors (Lipinski definition) is 1. The van der Waals surface area contributed by atoms with Crippen LogP contribution >= 0.6 is 0 Å². The summed E-state index contributed by atoms with van der Waals surface area (Å²) in [5.41, 5.74) is 0.789. The Kier molecular flexibility index (Phi) is 7.15. The predicted octanol–water partition coefficient (Wildman–Crippen LogP) is 1.45. The predicted molar refractivity (Wildman–Crippen MR) is 80.1 cm³/mol. The van der Waals surface area contributed by atoms with Gasteiger partial charge in [0.05, 0.1) is 11.5 Å². The van der Waals surface area contributed by atoms with Crippen molar-refractivity contribution in [1.82, 2.24) is 9.62 Å². The molecule has 20 heavy (non-hydrogen) atoms. The van der Waals surface area contributed by atoms with Crippen molar-refractivity contribution in [2.24, 2.45) is 0 Å². The van der Waals surface area contributed by atoms with Crippen LogP contribution in [-0.2, 0) is 21.3 Å². The lowest BCUT2D eigenvalue weighted by Crippen LogP contribution is -2.31. The van der Waals surface area contributed by atoms with E-state index in [0.717, 1.165) is 12.1 Å². The molecule has 5 nitrogen and oxygen atoms in total. The third-order valence-electron chi connectivity index (χ3n) is 2.98. The van der Waals surface area contributed by atoms with Gasteiger partial charge < -0.3 is 10.1 Å². The van der Waals surface area contributed by atoms with Crippen LogP contribution in [0.2, 0.25) is 0 Å². The van der Waals surface area contributed by atoms with Crippen LogP contribution in [0, 0.1) is 0 Å². The third-order valence-corrected chi connectivity index (χ3v) is 4.94. The van der Waals surface area contributed by atoms with E-state index in [1.54, 1.807) is 19.2 Å². The molecule has 0 aliphatic rings. The van der Waals surface area contributed by atoms with Crippen LogP contribution in [0.4, 0.5) is 0 Å². The summed E-state index contributed by atoms with van der Waals surface area (Å²) in [7, 11) is -1.89. The first-order valence-electron chi connectivity index (χ1n) is 6.86. The topological polar surface area (TPSA) is 58.6 Å². The second kappa shape index (κ2) is 8.36. The third kappa shape index (κ3) is 4.56. The smallest absolute Gasteiger partial charge is 0.243 e. The first kappa shape index (κ1) is 17.1. The van der Waals surface area contributed by atoms with Crippen LogP contribution < -0.4 is 5.32 Å². The zero-order valence-electron chi connectivity index (χ0n) is 12.4. The van der Waals surface area contributed by atoms with E-state index in [4.69, 9.17) is 4.74 Å². The molecule has 0 atom stereocenters. The van der Waals surface area contributed by atoms with Crippen LogP contribution in [0.25, 0.3) is 0 Å². The van der Waals surface area contributed by atoms with E-state index in [-0.39, 0.29) is 0 Å². The van der Waals surface area contributed by atoms with Crippen molar-refractivity contribution >= 4 is 10.0 Å². The standard InChI is InChI=1S/C14H24N2O3S/c1-4-15-12-13-8-6-7-9-14(13)20(17,18)16(3)10-11-19-5-2/h6-9,15H,4-5,10-12H2,1-3H3. The second-order valence-corrected chi connectivity index (χ2v) is 6.42. The van der Waals surface area contributed by atoms with E-state index in [0.29, 0.717) is 31.2 Å². The summed E-state index contributed by atoms with van der Waals surface area (Å²) in [4.78, 5) is 0.361. The molecule has 114 valence electrons. The molecule has 0 amide bonds. The molecule has 0 aliphatic heterocycles. The summed E-state index contributed by atoms with van der Waals surface area (Å²) in [6.07, 6.45) is 0. The average Bonchev–Trinajstić information content (AvgIpc) is 2.45. The van der Waals surface area contributed by atoms with E-state index in [1.807, 2.05) is 26.0 Å². The summed E-state index contributed by atoms with van der Waals surface area (Å²) >= 11 is 0. The molecule has 0 fully saturated rings. The Morgan fingerprint density at radius 3 is 2.60 bits per heavy atom. The number of benzene rings is 1.